The largest absolute Gasteiger partial charge is 0.356 e. The van der Waals surface area contributed by atoms with Gasteiger partial charge in [0.15, 0.2) is 5.82 Å². The quantitative estimate of drug-likeness (QED) is 0.738. The second-order valence-corrected chi connectivity index (χ2v) is 6.69. The zero-order valence-electron chi connectivity index (χ0n) is 15.3. The first kappa shape index (κ1) is 18.3. The lowest BCUT2D eigenvalue weighted by Crippen LogP contribution is -2.25. The van der Waals surface area contributed by atoms with Crippen LogP contribution in [0.5, 0.6) is 0 Å². The van der Waals surface area contributed by atoms with Crippen molar-refractivity contribution in [3.05, 3.63) is 53.7 Å². The Morgan fingerprint density at radius 3 is 2.88 bits per heavy atom. The summed E-state index contributed by atoms with van der Waals surface area (Å²) in [6.07, 6.45) is 5.82. The maximum atomic E-state index is 12.0. The molecule has 1 aromatic heterocycles. The Kier molecular flexibility index (Phi) is 6.55. The summed E-state index contributed by atoms with van der Waals surface area (Å²) in [4.78, 5) is 18.6. The number of carbonyl (C=O) groups is 1. The second-order valence-electron chi connectivity index (χ2n) is 6.69. The summed E-state index contributed by atoms with van der Waals surface area (Å²) < 4.78 is 5.28. The molecule has 1 amide bonds. The molecule has 1 N–H and O–H groups in total. The van der Waals surface area contributed by atoms with Gasteiger partial charge in [-0.3, -0.25) is 4.79 Å². The lowest BCUT2D eigenvalue weighted by molar-refractivity contribution is -0.121. The van der Waals surface area contributed by atoms with Gasteiger partial charge in [-0.05, 0) is 37.4 Å². The van der Waals surface area contributed by atoms with Crippen molar-refractivity contribution in [3.63, 3.8) is 0 Å². The molecule has 6 heteroatoms. The third-order valence-electron chi connectivity index (χ3n) is 4.54. The lowest BCUT2D eigenvalue weighted by Gasteiger charge is -2.19. The van der Waals surface area contributed by atoms with Crippen LogP contribution in [-0.4, -0.2) is 47.6 Å². The molecule has 0 saturated heterocycles. The van der Waals surface area contributed by atoms with E-state index in [2.05, 4.69) is 45.6 Å². The molecule has 6 nitrogen and oxygen atoms in total. The van der Waals surface area contributed by atoms with Gasteiger partial charge in [0.25, 0.3) is 0 Å². The smallest absolute Gasteiger partial charge is 0.227 e. The lowest BCUT2D eigenvalue weighted by atomic mass is 10.1. The maximum Gasteiger partial charge on any atom is 0.227 e. The number of nitrogens with zero attached hydrogens (tertiary/aromatic N) is 3. The molecule has 1 aliphatic rings. The van der Waals surface area contributed by atoms with Crippen molar-refractivity contribution in [2.24, 2.45) is 0 Å². The number of hydrogen-bond donors (Lipinski definition) is 1. The summed E-state index contributed by atoms with van der Waals surface area (Å²) in [5.41, 5.74) is 2.42. The summed E-state index contributed by atoms with van der Waals surface area (Å²) in [5.74, 6) is 1.21. The zero-order valence-corrected chi connectivity index (χ0v) is 15.3. The highest BCUT2D eigenvalue weighted by Crippen LogP contribution is 2.19. The van der Waals surface area contributed by atoms with Crippen LogP contribution in [0.2, 0.25) is 0 Å². The first-order valence-corrected chi connectivity index (χ1v) is 9.22. The van der Waals surface area contributed by atoms with Gasteiger partial charge in [0, 0.05) is 32.5 Å². The molecule has 0 aliphatic carbocycles. The molecule has 2 aromatic rings. The van der Waals surface area contributed by atoms with Crippen LogP contribution in [0.15, 0.2) is 40.9 Å². The molecule has 0 bridgehead atoms. The fraction of sp³-hybridized carbons (Fsp3) is 0.450. The van der Waals surface area contributed by atoms with Gasteiger partial charge in [-0.1, -0.05) is 41.6 Å². The van der Waals surface area contributed by atoms with Crippen molar-refractivity contribution in [2.45, 2.75) is 32.1 Å². The van der Waals surface area contributed by atoms with E-state index < -0.39 is 0 Å². The van der Waals surface area contributed by atoms with E-state index in [9.17, 15) is 4.79 Å². The molecule has 2 heterocycles. The minimum absolute atomic E-state index is 0.0244. The minimum Gasteiger partial charge on any atom is -0.356 e. The minimum atomic E-state index is 0.0244. The van der Waals surface area contributed by atoms with Crippen LogP contribution in [-0.2, 0) is 17.6 Å². The van der Waals surface area contributed by atoms with Crippen molar-refractivity contribution in [3.8, 4) is 0 Å². The molecule has 0 saturated carbocycles. The average Bonchev–Trinajstić information content (AvgIpc) is 3.14. The first-order chi connectivity index (χ1) is 12.7. The Hall–Kier alpha value is -2.47. The Bertz CT molecular complexity index is 739. The molecule has 0 unspecified atom stereocenters. The number of rotatable bonds is 8. The van der Waals surface area contributed by atoms with E-state index in [0.717, 1.165) is 37.9 Å². The van der Waals surface area contributed by atoms with Gasteiger partial charge < -0.3 is 14.7 Å². The summed E-state index contributed by atoms with van der Waals surface area (Å²) >= 11 is 0. The molecular formula is C20H26N4O2. The number of hydrogen-bond acceptors (Lipinski definition) is 5. The number of likely N-dealkylation sites (N-methyl/N-ethyl adjacent to an activating group) is 1. The van der Waals surface area contributed by atoms with Gasteiger partial charge in [-0.25, -0.2) is 0 Å². The molecule has 1 aromatic carbocycles. The Labute approximate surface area is 154 Å². The van der Waals surface area contributed by atoms with E-state index in [1.165, 1.54) is 5.56 Å². The van der Waals surface area contributed by atoms with Gasteiger partial charge in [0.1, 0.15) is 0 Å². The topological polar surface area (TPSA) is 71.3 Å². The molecule has 1 aliphatic heterocycles. The Morgan fingerprint density at radius 1 is 1.27 bits per heavy atom. The van der Waals surface area contributed by atoms with Crippen molar-refractivity contribution < 1.29 is 9.32 Å². The van der Waals surface area contributed by atoms with Gasteiger partial charge in [-0.2, -0.15) is 4.98 Å². The van der Waals surface area contributed by atoms with E-state index in [1.54, 1.807) is 0 Å². The zero-order chi connectivity index (χ0) is 18.2. The summed E-state index contributed by atoms with van der Waals surface area (Å²) in [5, 5.41) is 7.00. The van der Waals surface area contributed by atoms with Crippen LogP contribution in [0.3, 0.4) is 0 Å². The number of carbonyl (C=O) groups excluding carboxylic acids is 1. The molecule has 0 atom stereocenters. The third-order valence-corrected chi connectivity index (χ3v) is 4.54. The second kappa shape index (κ2) is 9.29. The molecule has 0 spiro atoms. The first-order valence-electron chi connectivity index (χ1n) is 9.22. The van der Waals surface area contributed by atoms with Crippen molar-refractivity contribution in [1.82, 2.24) is 20.4 Å². The highest BCUT2D eigenvalue weighted by atomic mass is 16.5. The predicted molar refractivity (Wildman–Crippen MR) is 100 cm³/mol. The van der Waals surface area contributed by atoms with Crippen molar-refractivity contribution in [1.29, 1.82) is 0 Å². The Balaban J connectivity index is 1.35. The van der Waals surface area contributed by atoms with Crippen molar-refractivity contribution in [2.75, 3.05) is 26.7 Å². The normalized spacial score (nSPS) is 14.9. The van der Waals surface area contributed by atoms with Gasteiger partial charge in [0.05, 0.1) is 0 Å². The van der Waals surface area contributed by atoms with Crippen molar-refractivity contribution >= 4 is 11.5 Å². The summed E-state index contributed by atoms with van der Waals surface area (Å²) in [6, 6.07) is 10.3. The van der Waals surface area contributed by atoms with Crippen LogP contribution in [0.1, 0.15) is 36.5 Å². The highest BCUT2D eigenvalue weighted by Gasteiger charge is 2.15. The van der Waals surface area contributed by atoms with Gasteiger partial charge >= 0.3 is 0 Å². The fourth-order valence-corrected chi connectivity index (χ4v) is 2.93. The Morgan fingerprint density at radius 2 is 2.12 bits per heavy atom. The van der Waals surface area contributed by atoms with E-state index in [1.807, 2.05) is 18.2 Å². The molecule has 26 heavy (non-hydrogen) atoms. The van der Waals surface area contributed by atoms with E-state index in [4.69, 9.17) is 4.52 Å². The van der Waals surface area contributed by atoms with E-state index in [-0.39, 0.29) is 5.91 Å². The van der Waals surface area contributed by atoms with Crippen LogP contribution in [0.25, 0.3) is 5.57 Å². The number of aromatic nitrogens is 2. The van der Waals surface area contributed by atoms with Gasteiger partial charge in [-0.15, -0.1) is 0 Å². The SMILES string of the molecule is CN1CC=C(c2noc(CCC(=O)NCCCc3ccccc3)n2)CC1. The summed E-state index contributed by atoms with van der Waals surface area (Å²) in [7, 11) is 2.09. The molecule has 0 radical (unpaired) electrons. The third kappa shape index (κ3) is 5.52. The monoisotopic (exact) mass is 354 g/mol. The van der Waals surface area contributed by atoms with Crippen LogP contribution < -0.4 is 5.32 Å². The molecule has 138 valence electrons. The van der Waals surface area contributed by atoms with Crippen LogP contribution in [0, 0.1) is 0 Å². The fourth-order valence-electron chi connectivity index (χ4n) is 2.93. The summed E-state index contributed by atoms with van der Waals surface area (Å²) in [6.45, 7) is 2.59. The van der Waals surface area contributed by atoms with Crippen LogP contribution in [0.4, 0.5) is 0 Å². The van der Waals surface area contributed by atoms with E-state index in [0.29, 0.717) is 31.1 Å². The van der Waals surface area contributed by atoms with Crippen LogP contribution >= 0.6 is 0 Å². The number of nitrogens with one attached hydrogen (secondary N) is 1. The molecular weight excluding hydrogens is 328 g/mol. The van der Waals surface area contributed by atoms with E-state index >= 15 is 0 Å². The predicted octanol–water partition coefficient (Wildman–Crippen LogP) is 2.47. The van der Waals surface area contributed by atoms with Gasteiger partial charge in [0.2, 0.25) is 11.8 Å². The number of amides is 1. The molecule has 0 fully saturated rings. The standard InChI is InChI=1S/C20H26N4O2/c1-24-14-11-17(12-15-24)20-22-19(26-23-20)10-9-18(25)21-13-5-8-16-6-3-2-4-7-16/h2-4,6-7,11H,5,8-10,12-15H2,1H3,(H,21,25). The highest BCUT2D eigenvalue weighted by molar-refractivity contribution is 5.76. The average molecular weight is 354 g/mol. The molecule has 3 rings (SSSR count). The maximum absolute atomic E-state index is 12.0. The number of benzene rings is 1. The number of aryl methyl sites for hydroxylation is 2.